The second-order valence-corrected chi connectivity index (χ2v) is 7.07. The summed E-state index contributed by atoms with van der Waals surface area (Å²) in [5, 5.41) is 9.29. The lowest BCUT2D eigenvalue weighted by Crippen LogP contribution is -2.53. The molecule has 4 aliphatic rings. The van der Waals surface area contributed by atoms with E-state index in [0.29, 0.717) is 24.2 Å². The molecule has 5 heteroatoms. The van der Waals surface area contributed by atoms with E-state index < -0.39 is 23.5 Å². The van der Waals surface area contributed by atoms with Gasteiger partial charge in [0, 0.05) is 0 Å². The molecule has 0 amide bonds. The lowest BCUT2D eigenvalue weighted by Gasteiger charge is -2.44. The van der Waals surface area contributed by atoms with Crippen molar-refractivity contribution in [1.82, 2.24) is 0 Å². The largest absolute Gasteiger partial charge is 0.481 e. The van der Waals surface area contributed by atoms with Crippen molar-refractivity contribution < 1.29 is 23.1 Å². The summed E-state index contributed by atoms with van der Waals surface area (Å²) in [6.07, 6.45) is -1.06. The molecule has 4 bridgehead atoms. The summed E-state index contributed by atoms with van der Waals surface area (Å²) in [6.45, 7) is 0. The van der Waals surface area contributed by atoms with Crippen molar-refractivity contribution in [3.63, 3.8) is 0 Å². The summed E-state index contributed by atoms with van der Waals surface area (Å²) in [6, 6.07) is 0. The first-order valence-corrected chi connectivity index (χ1v) is 7.16. The topological polar surface area (TPSA) is 37.3 Å². The number of carboxylic acids is 1. The van der Waals surface area contributed by atoms with Crippen molar-refractivity contribution >= 4 is 5.97 Å². The van der Waals surface area contributed by atoms with Crippen LogP contribution in [0.3, 0.4) is 0 Å². The Morgan fingerprint density at radius 1 is 1.05 bits per heavy atom. The van der Waals surface area contributed by atoms with Crippen LogP contribution in [0, 0.1) is 40.9 Å². The highest BCUT2D eigenvalue weighted by Crippen LogP contribution is 2.74. The SMILES string of the molecule is O=C(O)C1(C(F)(F)F)CC2CC1C1C3CCC(C3)C21. The minimum Gasteiger partial charge on any atom is -0.481 e. The fraction of sp³-hybridized carbons (Fsp3) is 0.929. The van der Waals surface area contributed by atoms with E-state index in [1.807, 2.05) is 0 Å². The van der Waals surface area contributed by atoms with Crippen molar-refractivity contribution in [1.29, 1.82) is 0 Å². The summed E-state index contributed by atoms with van der Waals surface area (Å²) in [5.41, 5.74) is -2.44. The summed E-state index contributed by atoms with van der Waals surface area (Å²) in [4.78, 5) is 11.4. The maximum absolute atomic E-state index is 13.4. The molecule has 0 saturated heterocycles. The van der Waals surface area contributed by atoms with Gasteiger partial charge in [-0.25, -0.2) is 0 Å². The molecule has 0 radical (unpaired) electrons. The number of fused-ring (bicyclic) bond motifs is 9. The quantitative estimate of drug-likeness (QED) is 0.745. The van der Waals surface area contributed by atoms with Gasteiger partial charge in [0.25, 0.3) is 0 Å². The van der Waals surface area contributed by atoms with Crippen LogP contribution in [-0.4, -0.2) is 17.3 Å². The van der Waals surface area contributed by atoms with Gasteiger partial charge in [-0.1, -0.05) is 0 Å². The summed E-state index contributed by atoms with van der Waals surface area (Å²) < 4.78 is 40.3. The van der Waals surface area contributed by atoms with Crippen molar-refractivity contribution in [3.05, 3.63) is 0 Å². The molecule has 4 rings (SSSR count). The lowest BCUT2D eigenvalue weighted by atomic mass is 9.60. The lowest BCUT2D eigenvalue weighted by molar-refractivity contribution is -0.253. The molecule has 4 aliphatic carbocycles. The highest BCUT2D eigenvalue weighted by atomic mass is 19.4. The molecule has 0 heterocycles. The van der Waals surface area contributed by atoms with Crippen LogP contribution in [0.25, 0.3) is 0 Å². The van der Waals surface area contributed by atoms with Gasteiger partial charge in [0.05, 0.1) is 0 Å². The van der Waals surface area contributed by atoms with E-state index in [2.05, 4.69) is 0 Å². The van der Waals surface area contributed by atoms with Crippen molar-refractivity contribution in [2.75, 3.05) is 0 Å². The smallest absolute Gasteiger partial charge is 0.405 e. The van der Waals surface area contributed by atoms with E-state index in [4.69, 9.17) is 0 Å². The van der Waals surface area contributed by atoms with Crippen LogP contribution >= 0.6 is 0 Å². The second kappa shape index (κ2) is 3.29. The Bertz CT molecular complexity index is 446. The first-order valence-electron chi connectivity index (χ1n) is 7.16. The maximum Gasteiger partial charge on any atom is 0.405 e. The third-order valence-electron chi connectivity index (χ3n) is 6.72. The van der Waals surface area contributed by atoms with Gasteiger partial charge in [0.2, 0.25) is 0 Å². The molecule has 7 atom stereocenters. The molecule has 0 aliphatic heterocycles. The van der Waals surface area contributed by atoms with E-state index >= 15 is 0 Å². The third kappa shape index (κ3) is 1.18. The number of alkyl halides is 3. The fourth-order valence-electron chi connectivity index (χ4n) is 6.32. The molecule has 0 aromatic carbocycles. The Hall–Kier alpha value is -0.740. The average Bonchev–Trinajstić information content (AvgIpc) is 3.04. The van der Waals surface area contributed by atoms with Crippen molar-refractivity contribution in [2.45, 2.75) is 38.3 Å². The van der Waals surface area contributed by atoms with E-state index in [-0.39, 0.29) is 18.3 Å². The molecular formula is C14H17F3O2. The zero-order chi connectivity index (χ0) is 13.6. The molecule has 7 unspecified atom stereocenters. The van der Waals surface area contributed by atoms with Crippen LogP contribution in [0.1, 0.15) is 32.1 Å². The van der Waals surface area contributed by atoms with Crippen molar-refractivity contribution in [3.8, 4) is 0 Å². The molecule has 106 valence electrons. The molecule has 0 aromatic heterocycles. The number of hydrogen-bond acceptors (Lipinski definition) is 1. The van der Waals surface area contributed by atoms with Gasteiger partial charge in [-0.05, 0) is 67.6 Å². The highest BCUT2D eigenvalue weighted by molar-refractivity contribution is 5.77. The monoisotopic (exact) mass is 274 g/mol. The number of carboxylic acid groups (broad SMARTS) is 1. The summed E-state index contributed by atoms with van der Waals surface area (Å²) in [7, 11) is 0. The number of hydrogen-bond donors (Lipinski definition) is 1. The fourth-order valence-corrected chi connectivity index (χ4v) is 6.32. The predicted octanol–water partition coefficient (Wildman–Crippen LogP) is 3.32. The Morgan fingerprint density at radius 3 is 2.26 bits per heavy atom. The van der Waals surface area contributed by atoms with E-state index in [9.17, 15) is 23.1 Å². The Morgan fingerprint density at radius 2 is 1.68 bits per heavy atom. The van der Waals surface area contributed by atoms with Crippen LogP contribution in [0.5, 0.6) is 0 Å². The minimum absolute atomic E-state index is 0.00280. The van der Waals surface area contributed by atoms with Gasteiger partial charge < -0.3 is 5.11 Å². The Labute approximate surface area is 109 Å². The molecule has 4 fully saturated rings. The van der Waals surface area contributed by atoms with Gasteiger partial charge in [-0.15, -0.1) is 0 Å². The van der Waals surface area contributed by atoms with Crippen LogP contribution in [-0.2, 0) is 4.79 Å². The van der Waals surface area contributed by atoms with E-state index in [0.717, 1.165) is 19.3 Å². The zero-order valence-electron chi connectivity index (χ0n) is 10.5. The van der Waals surface area contributed by atoms with Crippen LogP contribution in [0.4, 0.5) is 13.2 Å². The van der Waals surface area contributed by atoms with Gasteiger partial charge in [0.15, 0.2) is 5.41 Å². The highest BCUT2D eigenvalue weighted by Gasteiger charge is 2.77. The van der Waals surface area contributed by atoms with Gasteiger partial charge in [-0.2, -0.15) is 13.2 Å². The number of halogens is 3. The minimum atomic E-state index is -4.61. The molecule has 1 N–H and O–H groups in total. The molecule has 0 aromatic rings. The average molecular weight is 274 g/mol. The van der Waals surface area contributed by atoms with Crippen LogP contribution in [0.2, 0.25) is 0 Å². The second-order valence-electron chi connectivity index (χ2n) is 7.07. The zero-order valence-corrected chi connectivity index (χ0v) is 10.5. The van der Waals surface area contributed by atoms with Gasteiger partial charge >= 0.3 is 12.1 Å². The molecule has 0 spiro atoms. The summed E-state index contributed by atoms with van der Waals surface area (Å²) in [5.74, 6) is -0.891. The first-order chi connectivity index (χ1) is 8.86. The van der Waals surface area contributed by atoms with E-state index in [1.165, 1.54) is 0 Å². The van der Waals surface area contributed by atoms with Gasteiger partial charge in [-0.3, -0.25) is 4.79 Å². The standard InChI is InChI=1S/C14H17F3O2/c15-14(16,17)13(12(18)19)5-8-4-9(13)11-7-2-1-6(3-7)10(8)11/h6-11H,1-5H2,(H,18,19). The number of carbonyl (C=O) groups is 1. The third-order valence-corrected chi connectivity index (χ3v) is 6.72. The molecule has 4 saturated carbocycles. The number of rotatable bonds is 1. The maximum atomic E-state index is 13.4. The molecular weight excluding hydrogens is 257 g/mol. The Balaban J connectivity index is 1.77. The molecule has 19 heavy (non-hydrogen) atoms. The van der Waals surface area contributed by atoms with Crippen LogP contribution in [0.15, 0.2) is 0 Å². The van der Waals surface area contributed by atoms with Gasteiger partial charge in [0.1, 0.15) is 0 Å². The summed E-state index contributed by atoms with van der Waals surface area (Å²) >= 11 is 0. The molecule has 2 nitrogen and oxygen atoms in total. The van der Waals surface area contributed by atoms with Crippen molar-refractivity contribution in [2.24, 2.45) is 40.9 Å². The first kappa shape index (κ1) is 12.0. The number of aliphatic carboxylic acids is 1. The van der Waals surface area contributed by atoms with Crippen LogP contribution < -0.4 is 0 Å². The predicted molar refractivity (Wildman–Crippen MR) is 60.1 cm³/mol. The van der Waals surface area contributed by atoms with E-state index in [1.54, 1.807) is 0 Å². The normalized spacial score (nSPS) is 54.7. The Kier molecular flexibility index (Phi) is 2.08.